The Balaban J connectivity index is 2.10. The first-order valence-corrected chi connectivity index (χ1v) is 7.01. The fraction of sp³-hybridized carbons (Fsp3) is 0.571. The summed E-state index contributed by atoms with van der Waals surface area (Å²) in [7, 11) is 0. The largest absolute Gasteiger partial charge is 0.382 e. The van der Waals surface area contributed by atoms with E-state index in [1.165, 1.54) is 29.6 Å². The summed E-state index contributed by atoms with van der Waals surface area (Å²) in [5, 5.41) is 0. The predicted octanol–water partition coefficient (Wildman–Crippen LogP) is 1.98. The van der Waals surface area contributed by atoms with Gasteiger partial charge in [-0.25, -0.2) is 9.97 Å². The lowest BCUT2D eigenvalue weighted by molar-refractivity contribution is 0.0620. The third kappa shape index (κ3) is 1.51. The van der Waals surface area contributed by atoms with Gasteiger partial charge in [0.05, 0.1) is 18.2 Å². The number of hydrogen-bond acceptors (Lipinski definition) is 4. The Morgan fingerprint density at radius 1 is 1.26 bits per heavy atom. The molecule has 0 spiro atoms. The quantitative estimate of drug-likeness (QED) is 0.784. The standard InChI is InChI=1S/C14H18N4O/c1-8-6-19-7-11-17-12-13(18(8)11)9-4-2-3-5-10(9)16-14(12)15/h8H,2-7H2,1H3,(H2,15,16)/t8-/m0/s1. The Morgan fingerprint density at radius 3 is 3.00 bits per heavy atom. The number of pyridine rings is 1. The van der Waals surface area contributed by atoms with Crippen LogP contribution in [0.25, 0.3) is 11.0 Å². The monoisotopic (exact) mass is 258 g/mol. The number of hydrogen-bond donors (Lipinski definition) is 1. The highest BCUT2D eigenvalue weighted by molar-refractivity contribution is 5.89. The molecule has 100 valence electrons. The van der Waals surface area contributed by atoms with Gasteiger partial charge in [0.15, 0.2) is 5.82 Å². The Bertz CT molecular complexity index is 661. The van der Waals surface area contributed by atoms with Gasteiger partial charge >= 0.3 is 0 Å². The molecule has 1 aliphatic carbocycles. The van der Waals surface area contributed by atoms with Crippen LogP contribution in [0.1, 0.15) is 42.9 Å². The molecule has 5 heteroatoms. The molecule has 0 radical (unpaired) electrons. The average molecular weight is 258 g/mol. The van der Waals surface area contributed by atoms with Crippen LogP contribution in [0.2, 0.25) is 0 Å². The van der Waals surface area contributed by atoms with E-state index in [9.17, 15) is 0 Å². The number of ether oxygens (including phenoxy) is 1. The van der Waals surface area contributed by atoms with Crippen molar-refractivity contribution < 1.29 is 4.74 Å². The molecule has 1 atom stereocenters. The zero-order chi connectivity index (χ0) is 13.0. The smallest absolute Gasteiger partial charge is 0.151 e. The SMILES string of the molecule is C[C@H]1COCc2nc3c(N)nc4c(c3n21)CCCC4. The van der Waals surface area contributed by atoms with E-state index in [1.54, 1.807) is 0 Å². The lowest BCUT2D eigenvalue weighted by Crippen LogP contribution is -2.22. The molecule has 0 saturated heterocycles. The predicted molar refractivity (Wildman–Crippen MR) is 72.9 cm³/mol. The summed E-state index contributed by atoms with van der Waals surface area (Å²) in [6.07, 6.45) is 4.59. The number of rotatable bonds is 0. The summed E-state index contributed by atoms with van der Waals surface area (Å²) >= 11 is 0. The Hall–Kier alpha value is -1.62. The summed E-state index contributed by atoms with van der Waals surface area (Å²) in [5.74, 6) is 1.56. The van der Waals surface area contributed by atoms with E-state index in [1.807, 2.05) is 0 Å². The van der Waals surface area contributed by atoms with Crippen molar-refractivity contribution >= 4 is 16.9 Å². The van der Waals surface area contributed by atoms with Gasteiger partial charge in [-0.1, -0.05) is 0 Å². The zero-order valence-electron chi connectivity index (χ0n) is 11.1. The second-order valence-electron chi connectivity index (χ2n) is 5.59. The molecule has 2 N–H and O–H groups in total. The van der Waals surface area contributed by atoms with Crippen molar-refractivity contribution in [3.63, 3.8) is 0 Å². The minimum atomic E-state index is 0.321. The molecular weight excluding hydrogens is 240 g/mol. The maximum absolute atomic E-state index is 6.11. The van der Waals surface area contributed by atoms with Gasteiger partial charge in [0.2, 0.25) is 0 Å². The van der Waals surface area contributed by atoms with Gasteiger partial charge in [-0.3, -0.25) is 0 Å². The summed E-state index contributed by atoms with van der Waals surface area (Å²) < 4.78 is 7.90. The van der Waals surface area contributed by atoms with Crippen LogP contribution in [0.15, 0.2) is 0 Å². The van der Waals surface area contributed by atoms with Crippen LogP contribution in [0.3, 0.4) is 0 Å². The van der Waals surface area contributed by atoms with Crippen molar-refractivity contribution in [2.24, 2.45) is 0 Å². The number of imidazole rings is 1. The van der Waals surface area contributed by atoms with Gasteiger partial charge in [0, 0.05) is 5.69 Å². The lowest BCUT2D eigenvalue weighted by Gasteiger charge is -2.25. The van der Waals surface area contributed by atoms with Crippen LogP contribution in [-0.2, 0) is 24.2 Å². The summed E-state index contributed by atoms with van der Waals surface area (Å²) in [6.45, 7) is 3.50. The topological polar surface area (TPSA) is 66.0 Å². The van der Waals surface area contributed by atoms with Crippen molar-refractivity contribution in [1.29, 1.82) is 0 Å². The zero-order valence-corrected chi connectivity index (χ0v) is 11.1. The average Bonchev–Trinajstić information content (AvgIpc) is 2.81. The van der Waals surface area contributed by atoms with Crippen LogP contribution in [0.5, 0.6) is 0 Å². The van der Waals surface area contributed by atoms with Crippen LogP contribution < -0.4 is 5.73 Å². The van der Waals surface area contributed by atoms with Crippen molar-refractivity contribution in [2.45, 2.75) is 45.3 Å². The van der Waals surface area contributed by atoms with E-state index >= 15 is 0 Å². The van der Waals surface area contributed by atoms with Crippen molar-refractivity contribution in [3.8, 4) is 0 Å². The van der Waals surface area contributed by atoms with Gasteiger partial charge in [-0.15, -0.1) is 0 Å². The van der Waals surface area contributed by atoms with E-state index in [0.717, 1.165) is 30.8 Å². The van der Waals surface area contributed by atoms with Gasteiger partial charge in [0.25, 0.3) is 0 Å². The lowest BCUT2D eigenvalue weighted by atomic mass is 9.94. The normalized spacial score (nSPS) is 22.3. The van der Waals surface area contributed by atoms with Gasteiger partial charge in [-0.05, 0) is 38.2 Å². The highest BCUT2D eigenvalue weighted by atomic mass is 16.5. The van der Waals surface area contributed by atoms with Crippen LogP contribution in [-0.4, -0.2) is 21.1 Å². The molecule has 2 aromatic rings. The van der Waals surface area contributed by atoms with E-state index in [-0.39, 0.29) is 0 Å². The molecule has 2 aliphatic rings. The minimum Gasteiger partial charge on any atom is -0.382 e. The van der Waals surface area contributed by atoms with Crippen LogP contribution >= 0.6 is 0 Å². The molecule has 0 bridgehead atoms. The maximum atomic E-state index is 6.11. The number of nitrogens with zero attached hydrogens (tertiary/aromatic N) is 3. The number of nitrogen functional groups attached to an aromatic ring is 1. The first-order chi connectivity index (χ1) is 9.25. The molecule has 0 fully saturated rings. The third-order valence-electron chi connectivity index (χ3n) is 4.24. The fourth-order valence-corrected chi connectivity index (χ4v) is 3.38. The molecule has 19 heavy (non-hydrogen) atoms. The molecule has 0 aromatic carbocycles. The molecule has 0 amide bonds. The number of fused-ring (bicyclic) bond motifs is 5. The Labute approximate surface area is 111 Å². The number of aryl methyl sites for hydroxylation is 2. The van der Waals surface area contributed by atoms with Gasteiger partial charge in [0.1, 0.15) is 17.9 Å². The summed E-state index contributed by atoms with van der Waals surface area (Å²) in [6, 6.07) is 0.321. The number of nitrogens with two attached hydrogens (primary N) is 1. The molecular formula is C14H18N4O. The second kappa shape index (κ2) is 3.93. The van der Waals surface area contributed by atoms with Crippen molar-refractivity contribution in [2.75, 3.05) is 12.3 Å². The van der Waals surface area contributed by atoms with Gasteiger partial charge < -0.3 is 15.0 Å². The molecule has 0 saturated carbocycles. The van der Waals surface area contributed by atoms with E-state index in [2.05, 4.69) is 21.5 Å². The minimum absolute atomic E-state index is 0.321. The Morgan fingerprint density at radius 2 is 2.11 bits per heavy atom. The molecule has 1 aliphatic heterocycles. The number of anilines is 1. The summed E-state index contributed by atoms with van der Waals surface area (Å²) in [5.41, 5.74) is 10.7. The molecule has 3 heterocycles. The molecule has 5 nitrogen and oxygen atoms in total. The van der Waals surface area contributed by atoms with Crippen molar-refractivity contribution in [3.05, 3.63) is 17.1 Å². The second-order valence-corrected chi connectivity index (χ2v) is 5.59. The molecule has 0 unspecified atom stereocenters. The maximum Gasteiger partial charge on any atom is 0.151 e. The van der Waals surface area contributed by atoms with Crippen molar-refractivity contribution in [1.82, 2.24) is 14.5 Å². The number of aromatic nitrogens is 3. The highest BCUT2D eigenvalue weighted by Crippen LogP contribution is 2.34. The molecule has 2 aromatic heterocycles. The van der Waals surface area contributed by atoms with Crippen LogP contribution in [0.4, 0.5) is 5.82 Å². The van der Waals surface area contributed by atoms with E-state index in [0.29, 0.717) is 18.5 Å². The highest BCUT2D eigenvalue weighted by Gasteiger charge is 2.26. The molecule has 4 rings (SSSR count). The summed E-state index contributed by atoms with van der Waals surface area (Å²) in [4.78, 5) is 9.23. The fourth-order valence-electron chi connectivity index (χ4n) is 3.38. The first-order valence-electron chi connectivity index (χ1n) is 7.01. The van der Waals surface area contributed by atoms with Crippen LogP contribution in [0, 0.1) is 0 Å². The van der Waals surface area contributed by atoms with Gasteiger partial charge in [-0.2, -0.15) is 0 Å². The Kier molecular flexibility index (Phi) is 2.33. The first kappa shape index (κ1) is 11.2. The van der Waals surface area contributed by atoms with E-state index < -0.39 is 0 Å². The van der Waals surface area contributed by atoms with E-state index in [4.69, 9.17) is 10.5 Å². The third-order valence-corrected chi connectivity index (χ3v) is 4.24.